The van der Waals surface area contributed by atoms with Crippen molar-refractivity contribution in [1.82, 2.24) is 15.3 Å². The van der Waals surface area contributed by atoms with Gasteiger partial charge in [0.15, 0.2) is 0 Å². The van der Waals surface area contributed by atoms with Crippen molar-refractivity contribution in [3.05, 3.63) is 29.3 Å². The van der Waals surface area contributed by atoms with E-state index in [0.717, 1.165) is 16.5 Å². The van der Waals surface area contributed by atoms with Gasteiger partial charge in [0.05, 0.1) is 56.8 Å². The maximum Gasteiger partial charge on any atom is 0.262 e. The van der Waals surface area contributed by atoms with E-state index in [1.165, 1.54) is 12.1 Å². The van der Waals surface area contributed by atoms with Crippen molar-refractivity contribution >= 4 is 11.8 Å². The summed E-state index contributed by atoms with van der Waals surface area (Å²) in [6.07, 6.45) is -0.989. The zero-order valence-corrected chi connectivity index (χ0v) is 18.2. The first-order valence-corrected chi connectivity index (χ1v) is 10.7. The van der Waals surface area contributed by atoms with Crippen LogP contribution in [0.15, 0.2) is 18.2 Å². The van der Waals surface area contributed by atoms with Crippen LogP contribution in [0.3, 0.4) is 0 Å². The number of rotatable bonds is 14. The number of hydrogen-bond donors (Lipinski definition) is 3. The normalized spacial score (nSPS) is 20.9. The fraction of sp³-hybridized carbons (Fsp3) is 0.619. The van der Waals surface area contributed by atoms with Crippen molar-refractivity contribution in [2.24, 2.45) is 0 Å². The van der Waals surface area contributed by atoms with Gasteiger partial charge in [0.25, 0.3) is 11.8 Å². The average molecular weight is 453 g/mol. The van der Waals surface area contributed by atoms with E-state index in [2.05, 4.69) is 5.32 Å². The lowest BCUT2D eigenvalue weighted by Gasteiger charge is -2.25. The van der Waals surface area contributed by atoms with Gasteiger partial charge in [0, 0.05) is 13.1 Å². The van der Waals surface area contributed by atoms with Crippen LogP contribution in [0.25, 0.3) is 0 Å². The third-order valence-electron chi connectivity index (χ3n) is 5.26. The van der Waals surface area contributed by atoms with E-state index < -0.39 is 24.1 Å². The molecule has 0 aromatic heterocycles. The molecule has 1 fully saturated rings. The number of aliphatic hydroxyl groups excluding tert-OH is 1. The summed E-state index contributed by atoms with van der Waals surface area (Å²) >= 11 is 0. The monoisotopic (exact) mass is 453 g/mol. The molecule has 32 heavy (non-hydrogen) atoms. The summed E-state index contributed by atoms with van der Waals surface area (Å²) in [6.45, 7) is 4.20. The minimum atomic E-state index is -1.29. The lowest BCUT2D eigenvalue weighted by molar-refractivity contribution is -0.179. The molecular weight excluding hydrogens is 422 g/mol. The zero-order valence-electron chi connectivity index (χ0n) is 18.2. The number of carbonyl (C=O) groups excluding carboxylic acids is 2. The Morgan fingerprint density at radius 1 is 0.969 bits per heavy atom. The van der Waals surface area contributed by atoms with Gasteiger partial charge in [-0.05, 0) is 31.7 Å². The molecule has 0 spiro atoms. The van der Waals surface area contributed by atoms with Crippen LogP contribution in [0.1, 0.15) is 27.1 Å². The summed E-state index contributed by atoms with van der Waals surface area (Å²) in [6, 6.07) is 3.89. The number of carbonyl (C=O) groups is 2. The summed E-state index contributed by atoms with van der Waals surface area (Å²) in [7, 11) is 1.87. The fourth-order valence-electron chi connectivity index (χ4n) is 3.57. The second-order valence-electron chi connectivity index (χ2n) is 7.41. The number of hydrogen-bond acceptors (Lipinski definition) is 10. The van der Waals surface area contributed by atoms with Crippen LogP contribution >= 0.6 is 0 Å². The zero-order chi connectivity index (χ0) is 22.9. The Bertz CT molecular complexity index is 777. The molecule has 0 radical (unpaired) electrons. The molecule has 2 unspecified atom stereocenters. The third kappa shape index (κ3) is 6.01. The van der Waals surface area contributed by atoms with Gasteiger partial charge in [-0.2, -0.15) is 5.06 Å². The lowest BCUT2D eigenvalue weighted by atomic mass is 10.1. The maximum atomic E-state index is 12.8. The number of likely N-dealkylation sites (N-methyl/N-ethyl adjacent to an activating group) is 1. The van der Waals surface area contributed by atoms with Crippen molar-refractivity contribution < 1.29 is 38.9 Å². The second-order valence-corrected chi connectivity index (χ2v) is 7.41. The lowest BCUT2D eigenvalue weighted by Crippen LogP contribution is -2.47. The van der Waals surface area contributed by atoms with Gasteiger partial charge in [-0.3, -0.25) is 14.5 Å². The number of amides is 2. The SMILES string of the molecule is CNCCOCCOCCOCCOc1ccc2c(c1)C(=O)N(C1CCN(O)C1O)C2=O. The van der Waals surface area contributed by atoms with E-state index in [4.69, 9.17) is 18.9 Å². The first-order chi connectivity index (χ1) is 15.5. The van der Waals surface area contributed by atoms with Gasteiger partial charge in [0.1, 0.15) is 18.6 Å². The predicted octanol–water partition coefficient (Wildman–Crippen LogP) is -0.287. The van der Waals surface area contributed by atoms with Crippen LogP contribution in [-0.2, 0) is 14.2 Å². The number of benzene rings is 1. The minimum absolute atomic E-state index is 0.184. The Morgan fingerprint density at radius 2 is 1.59 bits per heavy atom. The van der Waals surface area contributed by atoms with Crippen molar-refractivity contribution in [3.63, 3.8) is 0 Å². The van der Waals surface area contributed by atoms with Crippen molar-refractivity contribution in [1.29, 1.82) is 0 Å². The highest BCUT2D eigenvalue weighted by molar-refractivity contribution is 6.21. The largest absolute Gasteiger partial charge is 0.491 e. The quantitative estimate of drug-likeness (QED) is 0.255. The molecule has 3 N–H and O–H groups in total. The molecule has 11 heteroatoms. The van der Waals surface area contributed by atoms with Gasteiger partial charge >= 0.3 is 0 Å². The molecule has 3 rings (SSSR count). The molecular formula is C21H31N3O8. The highest BCUT2D eigenvalue weighted by atomic mass is 16.6. The van der Waals surface area contributed by atoms with E-state index in [-0.39, 0.29) is 24.3 Å². The molecule has 0 aliphatic carbocycles. The van der Waals surface area contributed by atoms with Gasteiger partial charge in [0.2, 0.25) is 0 Å². The van der Waals surface area contributed by atoms with Crippen molar-refractivity contribution in [2.75, 3.05) is 66.4 Å². The van der Waals surface area contributed by atoms with E-state index in [9.17, 15) is 19.9 Å². The number of ether oxygens (including phenoxy) is 4. The Hall–Kier alpha value is -2.12. The first-order valence-electron chi connectivity index (χ1n) is 10.7. The number of fused-ring (bicyclic) bond motifs is 1. The van der Waals surface area contributed by atoms with Crippen LogP contribution in [0.2, 0.25) is 0 Å². The van der Waals surface area contributed by atoms with E-state index >= 15 is 0 Å². The summed E-state index contributed by atoms with van der Waals surface area (Å²) in [5.41, 5.74) is 0.483. The topological polar surface area (TPSA) is 130 Å². The summed E-state index contributed by atoms with van der Waals surface area (Å²) in [4.78, 5) is 26.4. The Labute approximate surface area is 186 Å². The third-order valence-corrected chi connectivity index (χ3v) is 5.26. The van der Waals surface area contributed by atoms with Gasteiger partial charge < -0.3 is 34.6 Å². The van der Waals surface area contributed by atoms with Gasteiger partial charge in [-0.1, -0.05) is 0 Å². The highest BCUT2D eigenvalue weighted by Gasteiger charge is 2.46. The molecule has 2 atom stereocenters. The van der Waals surface area contributed by atoms with E-state index in [1.54, 1.807) is 6.07 Å². The Kier molecular flexibility index (Phi) is 9.36. The molecule has 0 bridgehead atoms. The number of aliphatic hydroxyl groups is 1. The standard InChI is InChI=1S/C21H31N3O8/c1-22-5-7-29-8-9-30-10-11-31-12-13-32-15-2-3-16-17(14-15)20(26)24(19(16)25)18-4-6-23(28)21(18)27/h2-3,14,18,21-22,27-28H,4-13H2,1H3. The summed E-state index contributed by atoms with van der Waals surface area (Å²) in [5, 5.41) is 23.4. The molecule has 178 valence electrons. The predicted molar refractivity (Wildman–Crippen MR) is 112 cm³/mol. The maximum absolute atomic E-state index is 12.8. The highest BCUT2D eigenvalue weighted by Crippen LogP contribution is 2.32. The number of imide groups is 1. The van der Waals surface area contributed by atoms with Crippen LogP contribution in [0.5, 0.6) is 5.75 Å². The molecule has 1 aromatic carbocycles. The molecule has 2 aliphatic rings. The average Bonchev–Trinajstić information content (AvgIpc) is 3.24. The molecule has 11 nitrogen and oxygen atoms in total. The summed E-state index contributed by atoms with van der Waals surface area (Å²) in [5.74, 6) is -0.536. The van der Waals surface area contributed by atoms with Crippen LogP contribution in [-0.4, -0.2) is 111 Å². The number of hydroxylamine groups is 2. The van der Waals surface area contributed by atoms with Crippen LogP contribution < -0.4 is 10.1 Å². The van der Waals surface area contributed by atoms with Crippen molar-refractivity contribution in [3.8, 4) is 5.75 Å². The Balaban J connectivity index is 1.36. The molecule has 2 heterocycles. The number of nitrogens with zero attached hydrogens (tertiary/aromatic N) is 2. The fourth-order valence-corrected chi connectivity index (χ4v) is 3.57. The van der Waals surface area contributed by atoms with Crippen LogP contribution in [0.4, 0.5) is 0 Å². The molecule has 1 saturated heterocycles. The molecule has 1 aromatic rings. The van der Waals surface area contributed by atoms with E-state index in [1.807, 2.05) is 7.05 Å². The molecule has 0 saturated carbocycles. The van der Waals surface area contributed by atoms with Crippen LogP contribution in [0, 0.1) is 0 Å². The van der Waals surface area contributed by atoms with Gasteiger partial charge in [-0.15, -0.1) is 0 Å². The molecule has 2 aliphatic heterocycles. The minimum Gasteiger partial charge on any atom is -0.491 e. The smallest absolute Gasteiger partial charge is 0.262 e. The second kappa shape index (κ2) is 12.2. The van der Waals surface area contributed by atoms with Gasteiger partial charge in [-0.25, -0.2) is 0 Å². The first kappa shape index (κ1) is 24.5. The van der Waals surface area contributed by atoms with Crippen molar-refractivity contribution in [2.45, 2.75) is 18.7 Å². The Morgan fingerprint density at radius 3 is 2.22 bits per heavy atom. The molecule has 2 amide bonds. The van der Waals surface area contributed by atoms with E-state index in [0.29, 0.717) is 51.8 Å². The summed E-state index contributed by atoms with van der Waals surface area (Å²) < 4.78 is 21.8. The number of nitrogens with one attached hydrogen (secondary N) is 1.